The van der Waals surface area contributed by atoms with Gasteiger partial charge in [-0.2, -0.15) is 0 Å². The number of carbonyl (C=O) groups excluding carboxylic acids is 1. The van der Waals surface area contributed by atoms with Gasteiger partial charge in [0.05, 0.1) is 5.69 Å². The number of nitrogens with one attached hydrogen (secondary N) is 1. The average Bonchev–Trinajstić information content (AvgIpc) is 3.40. The van der Waals surface area contributed by atoms with Gasteiger partial charge in [0.1, 0.15) is 18.4 Å². The summed E-state index contributed by atoms with van der Waals surface area (Å²) in [6.07, 6.45) is 3.04. The van der Waals surface area contributed by atoms with E-state index >= 15 is 0 Å². The predicted octanol–water partition coefficient (Wildman–Crippen LogP) is 2.01. The Hall–Kier alpha value is -3.33. The van der Waals surface area contributed by atoms with E-state index in [0.717, 1.165) is 12.0 Å². The lowest BCUT2D eigenvalue weighted by Crippen LogP contribution is -2.46. The maximum absolute atomic E-state index is 12.9. The molecule has 0 bridgehead atoms. The number of carboxylic acids is 1. The van der Waals surface area contributed by atoms with Gasteiger partial charge in [-0.05, 0) is 31.9 Å². The largest absolute Gasteiger partial charge is 0.480 e. The Morgan fingerprint density at radius 3 is 2.71 bits per heavy atom. The quantitative estimate of drug-likeness (QED) is 0.603. The monoisotopic (exact) mass is 443 g/mol. The van der Waals surface area contributed by atoms with Gasteiger partial charge < -0.3 is 15.3 Å². The molecule has 3 heterocycles. The molecule has 9 nitrogen and oxygen atoms in total. The van der Waals surface area contributed by atoms with Gasteiger partial charge in [0.15, 0.2) is 0 Å². The molecule has 31 heavy (non-hydrogen) atoms. The molecule has 1 aromatic carbocycles. The van der Waals surface area contributed by atoms with Crippen molar-refractivity contribution >= 4 is 35.1 Å². The number of fused-ring (bicyclic) bond motifs is 1. The fourth-order valence-corrected chi connectivity index (χ4v) is 4.10. The molecule has 10 heteroatoms. The second-order valence-corrected chi connectivity index (χ2v) is 7.79. The number of rotatable bonds is 6. The third kappa shape index (κ3) is 4.00. The van der Waals surface area contributed by atoms with Crippen molar-refractivity contribution in [2.45, 2.75) is 32.4 Å². The number of anilines is 1. The summed E-state index contributed by atoms with van der Waals surface area (Å²) in [5, 5.41) is 11.9. The minimum Gasteiger partial charge on any atom is -0.480 e. The molecule has 2 aromatic heterocycles. The number of amides is 1. The van der Waals surface area contributed by atoms with E-state index in [9.17, 15) is 14.4 Å². The molecule has 1 saturated heterocycles. The van der Waals surface area contributed by atoms with Crippen molar-refractivity contribution in [2.24, 2.45) is 0 Å². The molecule has 1 aliphatic rings. The summed E-state index contributed by atoms with van der Waals surface area (Å²) in [5.41, 5.74) is 1.23. The number of imidazole rings is 1. The average molecular weight is 444 g/mol. The van der Waals surface area contributed by atoms with E-state index in [-0.39, 0.29) is 11.5 Å². The van der Waals surface area contributed by atoms with Gasteiger partial charge in [-0.15, -0.1) is 0 Å². The summed E-state index contributed by atoms with van der Waals surface area (Å²) < 4.78 is 3.39. The van der Waals surface area contributed by atoms with Crippen LogP contribution in [0.1, 0.15) is 19.8 Å². The first-order valence-electron chi connectivity index (χ1n) is 10.0. The molecule has 0 unspecified atom stereocenters. The normalized spacial score (nSPS) is 16.1. The molecule has 1 fully saturated rings. The highest BCUT2D eigenvalue weighted by Gasteiger charge is 2.33. The van der Waals surface area contributed by atoms with Crippen molar-refractivity contribution in [2.75, 3.05) is 18.0 Å². The van der Waals surface area contributed by atoms with Crippen LogP contribution >= 0.6 is 11.6 Å². The molecule has 0 saturated carbocycles. The van der Waals surface area contributed by atoms with E-state index in [1.165, 1.54) is 10.5 Å². The number of hydrogen-bond acceptors (Lipinski definition) is 5. The topological polar surface area (TPSA) is 109 Å². The molecular formula is C21H22ClN5O4. The number of carbonyl (C=O) groups is 2. The zero-order valence-corrected chi connectivity index (χ0v) is 17.7. The maximum Gasteiger partial charge on any atom is 0.322 e. The Kier molecular flexibility index (Phi) is 5.69. The number of nitrogens with zero attached hydrogens (tertiary/aromatic N) is 4. The minimum atomic E-state index is -1.10. The Labute approximate surface area is 182 Å². The predicted molar refractivity (Wildman–Crippen MR) is 117 cm³/mol. The first-order valence-corrected chi connectivity index (χ1v) is 10.4. The molecule has 1 amide bonds. The number of aliphatic carboxylic acids is 1. The fourth-order valence-electron chi connectivity index (χ4n) is 3.98. The van der Waals surface area contributed by atoms with Crippen LogP contribution in [0.2, 0.25) is 5.02 Å². The summed E-state index contributed by atoms with van der Waals surface area (Å²) in [7, 11) is 0. The van der Waals surface area contributed by atoms with E-state index in [1.807, 2.05) is 28.5 Å². The molecule has 1 aliphatic heterocycles. The number of halogens is 1. The van der Waals surface area contributed by atoms with Gasteiger partial charge in [-0.25, -0.2) is 4.98 Å². The Balaban J connectivity index is 1.76. The smallest absolute Gasteiger partial charge is 0.322 e. The third-order valence-electron chi connectivity index (χ3n) is 5.42. The van der Waals surface area contributed by atoms with Gasteiger partial charge in [0.2, 0.25) is 11.7 Å². The van der Waals surface area contributed by atoms with Gasteiger partial charge in [0, 0.05) is 35.9 Å². The van der Waals surface area contributed by atoms with Crippen LogP contribution in [-0.2, 0) is 16.1 Å². The lowest BCUT2D eigenvalue weighted by atomic mass is 10.2. The zero-order valence-electron chi connectivity index (χ0n) is 16.9. The van der Waals surface area contributed by atoms with Crippen molar-refractivity contribution in [1.29, 1.82) is 0 Å². The van der Waals surface area contributed by atoms with Crippen LogP contribution in [0.5, 0.6) is 0 Å². The molecule has 0 radical (unpaired) electrons. The first kappa shape index (κ1) is 20.9. The van der Waals surface area contributed by atoms with Crippen LogP contribution in [0.25, 0.3) is 17.0 Å². The molecule has 0 aliphatic carbocycles. The standard InChI is InChI=1S/C21H22ClN5O4/c1-2-25-17(26-9-3-4-16(26)20(31)23-11-19(29)30)10-18(28)27-12-15(24-21(25)27)13-5-7-14(22)8-6-13/h5-8,10,12,16H,2-4,9,11H2,1H3,(H,23,31)(H,29,30)/t16-/m0/s1. The van der Waals surface area contributed by atoms with E-state index in [2.05, 4.69) is 10.3 Å². The van der Waals surface area contributed by atoms with Crippen LogP contribution in [0.3, 0.4) is 0 Å². The van der Waals surface area contributed by atoms with E-state index in [4.69, 9.17) is 16.7 Å². The maximum atomic E-state index is 12.9. The molecule has 1 atom stereocenters. The van der Waals surface area contributed by atoms with Gasteiger partial charge >= 0.3 is 5.97 Å². The lowest BCUT2D eigenvalue weighted by Gasteiger charge is -2.28. The zero-order chi connectivity index (χ0) is 22.1. The second kappa shape index (κ2) is 8.43. The summed E-state index contributed by atoms with van der Waals surface area (Å²) in [5.74, 6) is -0.384. The summed E-state index contributed by atoms with van der Waals surface area (Å²) >= 11 is 5.97. The van der Waals surface area contributed by atoms with E-state index in [0.29, 0.717) is 41.8 Å². The highest BCUT2D eigenvalue weighted by molar-refractivity contribution is 6.30. The first-order chi connectivity index (χ1) is 14.9. The Bertz CT molecular complexity index is 1200. The number of aryl methyl sites for hydroxylation is 1. The summed E-state index contributed by atoms with van der Waals surface area (Å²) in [4.78, 5) is 42.8. The molecular weight excluding hydrogens is 422 g/mol. The van der Waals surface area contributed by atoms with Crippen LogP contribution in [0.4, 0.5) is 5.82 Å². The van der Waals surface area contributed by atoms with Crippen molar-refractivity contribution in [3.63, 3.8) is 0 Å². The SMILES string of the molecule is CCn1c(N2CCC[C@H]2C(=O)NCC(=O)O)cc(=O)n2cc(-c3ccc(Cl)cc3)nc12. The Morgan fingerprint density at radius 1 is 1.29 bits per heavy atom. The highest BCUT2D eigenvalue weighted by Crippen LogP contribution is 2.27. The van der Waals surface area contributed by atoms with Crippen molar-refractivity contribution in [1.82, 2.24) is 19.3 Å². The molecule has 4 rings (SSSR count). The number of aromatic nitrogens is 3. The summed E-state index contributed by atoms with van der Waals surface area (Å²) in [6, 6.07) is 8.19. The van der Waals surface area contributed by atoms with Crippen LogP contribution in [-0.4, -0.2) is 50.1 Å². The second-order valence-electron chi connectivity index (χ2n) is 7.35. The number of benzene rings is 1. The molecule has 0 spiro atoms. The van der Waals surface area contributed by atoms with Gasteiger partial charge in [-0.1, -0.05) is 23.7 Å². The molecule has 162 valence electrons. The van der Waals surface area contributed by atoms with Crippen molar-refractivity contribution < 1.29 is 14.7 Å². The molecule has 2 N–H and O–H groups in total. The summed E-state index contributed by atoms with van der Waals surface area (Å²) in [6.45, 7) is 2.63. The van der Waals surface area contributed by atoms with Crippen molar-refractivity contribution in [3.8, 4) is 11.3 Å². The highest BCUT2D eigenvalue weighted by atomic mass is 35.5. The van der Waals surface area contributed by atoms with Crippen LogP contribution in [0.15, 0.2) is 41.3 Å². The van der Waals surface area contributed by atoms with Crippen LogP contribution in [0, 0.1) is 0 Å². The lowest BCUT2D eigenvalue weighted by molar-refractivity contribution is -0.138. The minimum absolute atomic E-state index is 0.251. The van der Waals surface area contributed by atoms with E-state index in [1.54, 1.807) is 18.3 Å². The Morgan fingerprint density at radius 2 is 2.03 bits per heavy atom. The molecule has 3 aromatic rings. The number of hydrogen-bond donors (Lipinski definition) is 2. The van der Waals surface area contributed by atoms with Crippen LogP contribution < -0.4 is 15.8 Å². The van der Waals surface area contributed by atoms with Gasteiger partial charge in [-0.3, -0.25) is 23.4 Å². The van der Waals surface area contributed by atoms with E-state index < -0.39 is 18.6 Å². The van der Waals surface area contributed by atoms with Gasteiger partial charge in [0.25, 0.3) is 5.56 Å². The fraction of sp³-hybridized carbons (Fsp3) is 0.333. The van der Waals surface area contributed by atoms with Crippen molar-refractivity contribution in [3.05, 3.63) is 51.9 Å². The number of carboxylic acid groups (broad SMARTS) is 1. The third-order valence-corrected chi connectivity index (χ3v) is 5.67.